The molecule has 2 N–H and O–H groups in total. The van der Waals surface area contributed by atoms with Crippen LogP contribution in [0.15, 0.2) is 60.0 Å². The highest BCUT2D eigenvalue weighted by Crippen LogP contribution is 2.32. The van der Waals surface area contributed by atoms with Crippen LogP contribution >= 0.6 is 23.2 Å². The number of nitrogens with zero attached hydrogens (tertiary/aromatic N) is 3. The molecular formula is C18H18Cl2N4O4S. The van der Waals surface area contributed by atoms with Crippen molar-refractivity contribution in [2.45, 2.75) is 17.0 Å². The van der Waals surface area contributed by atoms with Crippen LogP contribution < -0.4 is 9.46 Å². The quantitative estimate of drug-likeness (QED) is 0.539. The number of methoxy groups -OCH3 is 1. The molecule has 3 aromatic rings. The molecule has 1 heterocycles. The summed E-state index contributed by atoms with van der Waals surface area (Å²) in [6.45, 7) is -0.442. The first-order valence-corrected chi connectivity index (χ1v) is 10.6. The highest BCUT2D eigenvalue weighted by molar-refractivity contribution is 7.89. The Labute approximate surface area is 178 Å². The number of halogens is 2. The molecule has 1 unspecified atom stereocenters. The smallest absolute Gasteiger partial charge is 0.240 e. The van der Waals surface area contributed by atoms with Gasteiger partial charge >= 0.3 is 0 Å². The summed E-state index contributed by atoms with van der Waals surface area (Å²) in [5.41, 5.74) is -1.41. The molecule has 1 atom stereocenters. The summed E-state index contributed by atoms with van der Waals surface area (Å²) < 4.78 is 34.3. The largest absolute Gasteiger partial charge is 0.497 e. The first kappa shape index (κ1) is 21.5. The highest BCUT2D eigenvalue weighted by atomic mass is 35.5. The molecule has 11 heteroatoms. The lowest BCUT2D eigenvalue weighted by molar-refractivity contribution is 0.0204. The van der Waals surface area contributed by atoms with Crippen LogP contribution in [0.25, 0.3) is 0 Å². The Hall–Kier alpha value is -2.17. The van der Waals surface area contributed by atoms with Gasteiger partial charge in [0.1, 0.15) is 24.0 Å². The van der Waals surface area contributed by atoms with Gasteiger partial charge in [-0.15, -0.1) is 0 Å². The number of sulfonamides is 1. The molecule has 0 spiro atoms. The average Bonchev–Trinajstić information content (AvgIpc) is 3.19. The van der Waals surface area contributed by atoms with Crippen LogP contribution in [-0.4, -0.2) is 41.9 Å². The van der Waals surface area contributed by atoms with Gasteiger partial charge < -0.3 is 9.84 Å². The molecule has 1 aromatic heterocycles. The Balaban J connectivity index is 1.90. The fraction of sp³-hybridized carbons (Fsp3) is 0.222. The number of aromatic nitrogens is 3. The second-order valence-electron chi connectivity index (χ2n) is 6.25. The second-order valence-corrected chi connectivity index (χ2v) is 8.86. The maximum Gasteiger partial charge on any atom is 0.240 e. The lowest BCUT2D eigenvalue weighted by atomic mass is 9.94. The van der Waals surface area contributed by atoms with Crippen LogP contribution in [-0.2, 0) is 22.2 Å². The van der Waals surface area contributed by atoms with Crippen LogP contribution in [0.2, 0.25) is 10.0 Å². The molecule has 0 aliphatic heterocycles. The Morgan fingerprint density at radius 2 is 1.93 bits per heavy atom. The van der Waals surface area contributed by atoms with Gasteiger partial charge in [-0.25, -0.2) is 22.8 Å². The van der Waals surface area contributed by atoms with E-state index < -0.39 is 15.6 Å². The van der Waals surface area contributed by atoms with E-state index in [-0.39, 0.29) is 23.0 Å². The summed E-state index contributed by atoms with van der Waals surface area (Å²) in [5.74, 6) is 0.527. The summed E-state index contributed by atoms with van der Waals surface area (Å²) in [7, 11) is -2.42. The molecular weight excluding hydrogens is 439 g/mol. The van der Waals surface area contributed by atoms with E-state index in [1.54, 1.807) is 12.1 Å². The van der Waals surface area contributed by atoms with Gasteiger partial charge in [-0.1, -0.05) is 29.3 Å². The van der Waals surface area contributed by atoms with Crippen molar-refractivity contribution in [2.75, 3.05) is 13.7 Å². The Bertz CT molecular complexity index is 1080. The lowest BCUT2D eigenvalue weighted by Gasteiger charge is -2.29. The summed E-state index contributed by atoms with van der Waals surface area (Å²) in [4.78, 5) is 3.88. The predicted octanol–water partition coefficient (Wildman–Crippen LogP) is 2.46. The number of hydrogen-bond donors (Lipinski definition) is 2. The lowest BCUT2D eigenvalue weighted by Crippen LogP contribution is -2.44. The van der Waals surface area contributed by atoms with Crippen LogP contribution in [0.5, 0.6) is 5.75 Å². The number of hydrogen-bond acceptors (Lipinski definition) is 6. The fourth-order valence-corrected chi connectivity index (χ4v) is 4.41. The molecule has 2 aromatic carbocycles. The van der Waals surface area contributed by atoms with Crippen LogP contribution in [0.1, 0.15) is 5.56 Å². The number of ether oxygens (including phenoxy) is 1. The zero-order chi connectivity index (χ0) is 21.1. The van der Waals surface area contributed by atoms with Gasteiger partial charge in [0, 0.05) is 22.2 Å². The van der Waals surface area contributed by atoms with E-state index in [0.29, 0.717) is 16.3 Å². The minimum Gasteiger partial charge on any atom is -0.497 e. The minimum absolute atomic E-state index is 0.0311. The van der Waals surface area contributed by atoms with Crippen molar-refractivity contribution < 1.29 is 18.3 Å². The first-order chi connectivity index (χ1) is 13.7. The summed E-state index contributed by atoms with van der Waals surface area (Å²) in [6, 6.07) is 10.5. The van der Waals surface area contributed by atoms with E-state index in [1.165, 1.54) is 54.8 Å². The summed E-state index contributed by atoms with van der Waals surface area (Å²) >= 11 is 12.2. The van der Waals surface area contributed by atoms with Crippen molar-refractivity contribution in [3.8, 4) is 5.75 Å². The van der Waals surface area contributed by atoms with E-state index in [9.17, 15) is 13.5 Å². The van der Waals surface area contributed by atoms with Crippen molar-refractivity contribution in [3.05, 3.63) is 70.7 Å². The van der Waals surface area contributed by atoms with Crippen molar-refractivity contribution >= 4 is 33.2 Å². The Morgan fingerprint density at radius 1 is 1.21 bits per heavy atom. The van der Waals surface area contributed by atoms with Crippen molar-refractivity contribution in [1.29, 1.82) is 0 Å². The van der Waals surface area contributed by atoms with Crippen LogP contribution in [0.3, 0.4) is 0 Å². The SMILES string of the molecule is COc1ccc(S(=O)(=O)NCC(O)(Cn2cncn2)c2ccc(Cl)cc2Cl)cc1. The van der Waals surface area contributed by atoms with Crippen molar-refractivity contribution in [2.24, 2.45) is 0 Å². The third-order valence-corrected chi connectivity index (χ3v) is 6.21. The van der Waals surface area contributed by atoms with Crippen molar-refractivity contribution in [3.63, 3.8) is 0 Å². The molecule has 0 saturated carbocycles. The molecule has 29 heavy (non-hydrogen) atoms. The van der Waals surface area contributed by atoms with E-state index in [4.69, 9.17) is 27.9 Å². The minimum atomic E-state index is -3.91. The van der Waals surface area contributed by atoms with E-state index in [0.717, 1.165) is 0 Å². The van der Waals surface area contributed by atoms with Gasteiger partial charge in [0.15, 0.2) is 0 Å². The van der Waals surface area contributed by atoms with Crippen LogP contribution in [0.4, 0.5) is 0 Å². The zero-order valence-corrected chi connectivity index (χ0v) is 17.6. The summed E-state index contributed by atoms with van der Waals surface area (Å²) in [5, 5.41) is 15.9. The molecule has 154 valence electrons. The van der Waals surface area contributed by atoms with Crippen LogP contribution in [0, 0.1) is 0 Å². The Kier molecular flexibility index (Phi) is 6.45. The molecule has 0 saturated heterocycles. The first-order valence-electron chi connectivity index (χ1n) is 8.37. The van der Waals surface area contributed by atoms with Gasteiger partial charge in [0.25, 0.3) is 0 Å². The second kappa shape index (κ2) is 8.68. The molecule has 0 radical (unpaired) electrons. The van der Waals surface area contributed by atoms with Gasteiger partial charge in [-0.05, 0) is 36.4 Å². The monoisotopic (exact) mass is 456 g/mol. The average molecular weight is 457 g/mol. The zero-order valence-electron chi connectivity index (χ0n) is 15.3. The van der Waals surface area contributed by atoms with Gasteiger partial charge in [0.2, 0.25) is 10.0 Å². The maximum absolute atomic E-state index is 12.7. The predicted molar refractivity (Wildman–Crippen MR) is 109 cm³/mol. The Morgan fingerprint density at radius 3 is 2.52 bits per heavy atom. The number of aliphatic hydroxyl groups is 1. The molecule has 0 aliphatic rings. The third kappa shape index (κ3) is 5.06. The molecule has 0 amide bonds. The molecule has 3 rings (SSSR count). The van der Waals surface area contributed by atoms with Gasteiger partial charge in [-0.3, -0.25) is 0 Å². The fourth-order valence-electron chi connectivity index (χ4n) is 2.74. The standard InChI is InChI=1S/C18H18Cl2N4O4S/c1-28-14-3-5-15(6-4-14)29(26,27)23-9-18(25,10-24-12-21-11-22-24)16-7-2-13(19)8-17(16)20/h2-8,11-12,23,25H,9-10H2,1H3. The van der Waals surface area contributed by atoms with Gasteiger partial charge in [-0.2, -0.15) is 5.10 Å². The molecule has 0 bridgehead atoms. The van der Waals surface area contributed by atoms with Gasteiger partial charge in [0.05, 0.1) is 18.6 Å². The number of benzene rings is 2. The molecule has 0 aliphatic carbocycles. The molecule has 8 nitrogen and oxygen atoms in total. The van der Waals surface area contributed by atoms with E-state index in [2.05, 4.69) is 14.8 Å². The number of nitrogens with one attached hydrogen (secondary N) is 1. The van der Waals surface area contributed by atoms with E-state index in [1.807, 2.05) is 0 Å². The summed E-state index contributed by atoms with van der Waals surface area (Å²) in [6.07, 6.45) is 2.72. The van der Waals surface area contributed by atoms with Crippen molar-refractivity contribution in [1.82, 2.24) is 19.5 Å². The molecule has 0 fully saturated rings. The maximum atomic E-state index is 12.7. The highest BCUT2D eigenvalue weighted by Gasteiger charge is 2.34. The van der Waals surface area contributed by atoms with E-state index >= 15 is 0 Å². The third-order valence-electron chi connectivity index (χ3n) is 4.25. The number of rotatable bonds is 8. The normalized spacial score (nSPS) is 13.8. The topological polar surface area (TPSA) is 106 Å².